The number of aryl methyl sites for hydroxylation is 2. The van der Waals surface area contributed by atoms with E-state index in [0.717, 1.165) is 27.4 Å². The molecule has 3 aromatic rings. The van der Waals surface area contributed by atoms with E-state index in [-0.39, 0.29) is 23.0 Å². The Bertz CT molecular complexity index is 1460. The zero-order valence-corrected chi connectivity index (χ0v) is 25.8. The lowest BCUT2D eigenvalue weighted by molar-refractivity contribution is -0.140. The predicted octanol–water partition coefficient (Wildman–Crippen LogP) is 5.49. The first kappa shape index (κ1) is 32.0. The Labute approximate surface area is 248 Å². The molecule has 1 N–H and O–H groups in total. The van der Waals surface area contributed by atoms with Crippen LogP contribution in [-0.4, -0.2) is 51.4 Å². The molecule has 0 aliphatic heterocycles. The number of nitrogens with one attached hydrogen (secondary N) is 1. The summed E-state index contributed by atoms with van der Waals surface area (Å²) in [7, 11) is -2.62. The zero-order valence-electron chi connectivity index (χ0n) is 24.2. The normalized spacial score (nSPS) is 12.0. The van der Waals surface area contributed by atoms with Crippen LogP contribution in [0.2, 0.25) is 5.02 Å². The number of anilines is 1. The molecule has 8 nitrogen and oxygen atoms in total. The summed E-state index contributed by atoms with van der Waals surface area (Å²) in [6.07, 6.45) is 1.08. The minimum Gasteiger partial charge on any atom is -0.497 e. The number of carbonyl (C=O) groups is 2. The Kier molecular flexibility index (Phi) is 11.2. The van der Waals surface area contributed by atoms with Gasteiger partial charge in [-0.15, -0.1) is 0 Å². The SMILES string of the molecule is CCCNC(=O)[C@H](CC)N(Cc1cccc(OC)c1)C(=O)CN(c1ccc(C)c(Cl)c1)S(=O)(=O)c1ccc(C)cc1. The third kappa shape index (κ3) is 8.01. The van der Waals surface area contributed by atoms with Gasteiger partial charge in [-0.25, -0.2) is 8.42 Å². The van der Waals surface area contributed by atoms with Crippen molar-refractivity contribution < 1.29 is 22.7 Å². The minimum atomic E-state index is -4.17. The van der Waals surface area contributed by atoms with Gasteiger partial charge in [0.05, 0.1) is 17.7 Å². The van der Waals surface area contributed by atoms with Crippen molar-refractivity contribution in [3.63, 3.8) is 0 Å². The number of hydrogen-bond donors (Lipinski definition) is 1. The second-order valence-electron chi connectivity index (χ2n) is 9.85. The number of hydrogen-bond acceptors (Lipinski definition) is 5. The highest BCUT2D eigenvalue weighted by molar-refractivity contribution is 7.92. The highest BCUT2D eigenvalue weighted by atomic mass is 35.5. The molecule has 3 rings (SSSR count). The maximum atomic E-state index is 14.1. The van der Waals surface area contributed by atoms with E-state index in [2.05, 4.69) is 5.32 Å². The largest absolute Gasteiger partial charge is 0.497 e. The van der Waals surface area contributed by atoms with Gasteiger partial charge in [0.25, 0.3) is 10.0 Å². The minimum absolute atomic E-state index is 0.0414. The van der Waals surface area contributed by atoms with E-state index in [1.807, 2.05) is 33.8 Å². The van der Waals surface area contributed by atoms with Gasteiger partial charge >= 0.3 is 0 Å². The topological polar surface area (TPSA) is 96.0 Å². The molecule has 10 heteroatoms. The quantitative estimate of drug-likeness (QED) is 0.280. The maximum absolute atomic E-state index is 14.1. The van der Waals surface area contributed by atoms with Crippen molar-refractivity contribution in [3.05, 3.63) is 88.4 Å². The van der Waals surface area contributed by atoms with E-state index < -0.39 is 28.5 Å². The van der Waals surface area contributed by atoms with Crippen LogP contribution in [0.25, 0.3) is 0 Å². The summed E-state index contributed by atoms with van der Waals surface area (Å²) < 4.78 is 34.3. The van der Waals surface area contributed by atoms with Crippen LogP contribution in [0.15, 0.2) is 71.6 Å². The number of halogens is 1. The van der Waals surface area contributed by atoms with E-state index in [9.17, 15) is 18.0 Å². The van der Waals surface area contributed by atoms with Crippen LogP contribution in [-0.2, 0) is 26.2 Å². The second-order valence-corrected chi connectivity index (χ2v) is 12.1. The maximum Gasteiger partial charge on any atom is 0.264 e. The van der Waals surface area contributed by atoms with E-state index >= 15 is 0 Å². The van der Waals surface area contributed by atoms with Crippen LogP contribution >= 0.6 is 11.6 Å². The average molecular weight is 600 g/mol. The number of ether oxygens (including phenoxy) is 1. The molecule has 0 bridgehead atoms. The van der Waals surface area contributed by atoms with Crippen LogP contribution in [0.3, 0.4) is 0 Å². The van der Waals surface area contributed by atoms with Crippen LogP contribution in [0.1, 0.15) is 43.4 Å². The number of carbonyl (C=O) groups excluding carboxylic acids is 2. The Morgan fingerprint density at radius 1 is 1.00 bits per heavy atom. The summed E-state index contributed by atoms with van der Waals surface area (Å²) in [6, 6.07) is 17.7. The monoisotopic (exact) mass is 599 g/mol. The lowest BCUT2D eigenvalue weighted by Crippen LogP contribution is -2.52. The molecule has 0 aliphatic rings. The third-order valence-electron chi connectivity index (χ3n) is 6.75. The molecular formula is C31H38ClN3O5S. The molecule has 2 amide bonds. The number of nitrogens with zero attached hydrogens (tertiary/aromatic N) is 2. The zero-order chi connectivity index (χ0) is 30.2. The van der Waals surface area contributed by atoms with E-state index in [1.165, 1.54) is 23.1 Å². The van der Waals surface area contributed by atoms with Crippen molar-refractivity contribution in [2.75, 3.05) is 24.5 Å². The number of amides is 2. The van der Waals surface area contributed by atoms with Gasteiger partial charge in [0.1, 0.15) is 18.3 Å². The first-order valence-corrected chi connectivity index (χ1v) is 15.4. The van der Waals surface area contributed by atoms with Gasteiger partial charge in [0.2, 0.25) is 11.8 Å². The number of methoxy groups -OCH3 is 1. The molecule has 0 unspecified atom stereocenters. The molecule has 1 atom stereocenters. The van der Waals surface area contributed by atoms with Crippen molar-refractivity contribution in [1.29, 1.82) is 0 Å². The number of benzene rings is 3. The van der Waals surface area contributed by atoms with Crippen molar-refractivity contribution in [1.82, 2.24) is 10.2 Å². The predicted molar refractivity (Wildman–Crippen MR) is 163 cm³/mol. The second kappa shape index (κ2) is 14.4. The molecular weight excluding hydrogens is 562 g/mol. The summed E-state index contributed by atoms with van der Waals surface area (Å²) in [4.78, 5) is 28.8. The summed E-state index contributed by atoms with van der Waals surface area (Å²) >= 11 is 6.39. The molecule has 0 radical (unpaired) electrons. The molecule has 220 valence electrons. The number of rotatable bonds is 13. The fraction of sp³-hybridized carbons (Fsp3) is 0.355. The molecule has 0 saturated heterocycles. The molecule has 41 heavy (non-hydrogen) atoms. The number of sulfonamides is 1. The van der Waals surface area contributed by atoms with Gasteiger partial charge < -0.3 is 15.0 Å². The Morgan fingerprint density at radius 2 is 1.71 bits per heavy atom. The molecule has 0 aromatic heterocycles. The molecule has 0 fully saturated rings. The first-order chi connectivity index (χ1) is 19.5. The van der Waals surface area contributed by atoms with Crippen LogP contribution < -0.4 is 14.4 Å². The fourth-order valence-corrected chi connectivity index (χ4v) is 5.94. The van der Waals surface area contributed by atoms with Crippen molar-refractivity contribution in [2.24, 2.45) is 0 Å². The van der Waals surface area contributed by atoms with Gasteiger partial charge in [-0.05, 0) is 74.2 Å². The van der Waals surface area contributed by atoms with Gasteiger partial charge in [0, 0.05) is 18.1 Å². The van der Waals surface area contributed by atoms with E-state index in [0.29, 0.717) is 23.7 Å². The molecule has 3 aromatic carbocycles. The highest BCUT2D eigenvalue weighted by Crippen LogP contribution is 2.29. The lowest BCUT2D eigenvalue weighted by Gasteiger charge is -2.33. The Morgan fingerprint density at radius 3 is 2.32 bits per heavy atom. The van der Waals surface area contributed by atoms with Crippen LogP contribution in [0, 0.1) is 13.8 Å². The third-order valence-corrected chi connectivity index (χ3v) is 8.95. The highest BCUT2D eigenvalue weighted by Gasteiger charge is 2.33. The lowest BCUT2D eigenvalue weighted by atomic mass is 10.1. The van der Waals surface area contributed by atoms with E-state index in [4.69, 9.17) is 16.3 Å². The summed E-state index contributed by atoms with van der Waals surface area (Å²) in [6.45, 7) is 7.46. The van der Waals surface area contributed by atoms with Gasteiger partial charge in [-0.3, -0.25) is 13.9 Å². The smallest absolute Gasteiger partial charge is 0.264 e. The molecule has 0 spiro atoms. The molecule has 0 heterocycles. The van der Waals surface area contributed by atoms with Gasteiger partial charge in [-0.2, -0.15) is 0 Å². The molecule has 0 aliphatic carbocycles. The van der Waals surface area contributed by atoms with Gasteiger partial charge in [0.15, 0.2) is 0 Å². The fourth-order valence-electron chi connectivity index (χ4n) is 4.36. The van der Waals surface area contributed by atoms with Crippen LogP contribution in [0.5, 0.6) is 5.75 Å². The summed E-state index contributed by atoms with van der Waals surface area (Å²) in [5.74, 6) is -0.216. The van der Waals surface area contributed by atoms with Crippen molar-refractivity contribution >= 4 is 39.1 Å². The average Bonchev–Trinajstić information content (AvgIpc) is 2.96. The Balaban J connectivity index is 2.08. The first-order valence-electron chi connectivity index (χ1n) is 13.6. The van der Waals surface area contributed by atoms with Crippen molar-refractivity contribution in [2.45, 2.75) is 58.0 Å². The van der Waals surface area contributed by atoms with Crippen LogP contribution in [0.4, 0.5) is 5.69 Å². The van der Waals surface area contributed by atoms with Gasteiger partial charge in [-0.1, -0.05) is 61.3 Å². The van der Waals surface area contributed by atoms with Crippen molar-refractivity contribution in [3.8, 4) is 5.75 Å². The Hall–Kier alpha value is -3.56. The summed E-state index contributed by atoms with van der Waals surface area (Å²) in [5, 5.41) is 3.25. The standard InChI is InChI=1S/C31H38ClN3O5S/c1-6-17-33-31(37)29(7-2)34(20-24-9-8-10-26(18-24)40-5)30(36)21-35(25-14-13-23(4)28(32)19-25)41(38,39)27-15-11-22(3)12-16-27/h8-16,18-19,29H,6-7,17,20-21H2,1-5H3,(H,33,37)/t29-/m0/s1. The van der Waals surface area contributed by atoms with E-state index in [1.54, 1.807) is 49.6 Å². The molecule has 0 saturated carbocycles. The summed E-state index contributed by atoms with van der Waals surface area (Å²) in [5.41, 5.74) is 2.66.